The van der Waals surface area contributed by atoms with Gasteiger partial charge in [0.1, 0.15) is 0 Å². The van der Waals surface area contributed by atoms with Crippen LogP contribution in [0.2, 0.25) is 0 Å². The van der Waals surface area contributed by atoms with Crippen molar-refractivity contribution in [2.45, 2.75) is 19.8 Å². The molecule has 84 valence electrons. The minimum atomic E-state index is 0. The number of benzene rings is 2. The van der Waals surface area contributed by atoms with Gasteiger partial charge in [0, 0.05) is 0 Å². The summed E-state index contributed by atoms with van der Waals surface area (Å²) in [5.74, 6) is 0. The van der Waals surface area contributed by atoms with E-state index in [2.05, 4.69) is 61.5 Å². The van der Waals surface area contributed by atoms with Crippen molar-refractivity contribution >= 4 is 0 Å². The van der Waals surface area contributed by atoms with Crippen LogP contribution in [-0.4, -0.2) is 0 Å². The van der Waals surface area contributed by atoms with E-state index >= 15 is 0 Å². The van der Waals surface area contributed by atoms with Crippen LogP contribution in [0.4, 0.5) is 0 Å². The molecule has 2 aromatic carbocycles. The van der Waals surface area contributed by atoms with E-state index in [1.165, 1.54) is 16.7 Å². The first-order valence-electron chi connectivity index (χ1n) is 5.44. The van der Waals surface area contributed by atoms with Crippen molar-refractivity contribution in [2.75, 3.05) is 0 Å². The molecule has 0 saturated heterocycles. The predicted octanol–water partition coefficient (Wildman–Crippen LogP) is 3.94. The standard InChI is InChI=1S/C15H16.H3N/c1-13-7-9-15(10-8-13)12-11-14-5-3-2-4-6-14;/h2-10H,11-12H2,1H3;1H3. The molecule has 0 radical (unpaired) electrons. The van der Waals surface area contributed by atoms with Crippen LogP contribution in [0, 0.1) is 6.92 Å². The summed E-state index contributed by atoms with van der Waals surface area (Å²) in [6.07, 6.45) is 2.26. The Morgan fingerprint density at radius 2 is 1.19 bits per heavy atom. The Hall–Kier alpha value is -1.60. The Labute approximate surface area is 97.7 Å². The van der Waals surface area contributed by atoms with Gasteiger partial charge in [0.15, 0.2) is 0 Å². The lowest BCUT2D eigenvalue weighted by atomic mass is 10.0. The number of hydrogen-bond acceptors (Lipinski definition) is 1. The summed E-state index contributed by atoms with van der Waals surface area (Å²) in [7, 11) is 0. The zero-order valence-corrected chi connectivity index (χ0v) is 9.82. The van der Waals surface area contributed by atoms with Gasteiger partial charge in [-0.3, -0.25) is 0 Å². The molecule has 0 aliphatic heterocycles. The molecule has 3 N–H and O–H groups in total. The maximum Gasteiger partial charge on any atom is -0.0238 e. The van der Waals surface area contributed by atoms with Crippen molar-refractivity contribution < 1.29 is 0 Å². The van der Waals surface area contributed by atoms with Gasteiger partial charge in [0.25, 0.3) is 0 Å². The molecule has 0 spiro atoms. The first-order chi connectivity index (χ1) is 7.34. The van der Waals surface area contributed by atoms with E-state index in [0.717, 1.165) is 12.8 Å². The van der Waals surface area contributed by atoms with E-state index in [0.29, 0.717) is 0 Å². The molecule has 0 heterocycles. The van der Waals surface area contributed by atoms with Crippen molar-refractivity contribution in [1.29, 1.82) is 0 Å². The van der Waals surface area contributed by atoms with Gasteiger partial charge in [-0.2, -0.15) is 0 Å². The monoisotopic (exact) mass is 213 g/mol. The van der Waals surface area contributed by atoms with E-state index in [-0.39, 0.29) is 6.15 Å². The lowest BCUT2D eigenvalue weighted by Crippen LogP contribution is -1.90. The second-order valence-electron chi connectivity index (χ2n) is 3.97. The van der Waals surface area contributed by atoms with E-state index in [1.807, 2.05) is 0 Å². The highest BCUT2D eigenvalue weighted by Crippen LogP contribution is 2.08. The van der Waals surface area contributed by atoms with Gasteiger partial charge in [-0.05, 0) is 30.9 Å². The summed E-state index contributed by atoms with van der Waals surface area (Å²) in [5, 5.41) is 0. The van der Waals surface area contributed by atoms with E-state index in [1.54, 1.807) is 0 Å². The molecule has 0 aliphatic rings. The third-order valence-corrected chi connectivity index (χ3v) is 2.67. The van der Waals surface area contributed by atoms with Gasteiger partial charge in [-0.25, -0.2) is 0 Å². The molecule has 0 saturated carbocycles. The number of rotatable bonds is 3. The van der Waals surface area contributed by atoms with Crippen molar-refractivity contribution in [1.82, 2.24) is 6.15 Å². The zero-order chi connectivity index (χ0) is 10.5. The molecular weight excluding hydrogens is 194 g/mol. The smallest absolute Gasteiger partial charge is 0.0238 e. The molecule has 0 atom stereocenters. The summed E-state index contributed by atoms with van der Waals surface area (Å²) in [5.41, 5.74) is 4.17. The highest BCUT2D eigenvalue weighted by Gasteiger charge is 1.94. The molecular formula is C15H19N. The van der Waals surface area contributed by atoms with Crippen LogP contribution in [0.25, 0.3) is 0 Å². The highest BCUT2D eigenvalue weighted by molar-refractivity contribution is 5.23. The lowest BCUT2D eigenvalue weighted by Gasteiger charge is -2.02. The fourth-order valence-electron chi connectivity index (χ4n) is 1.69. The molecule has 0 aromatic heterocycles. The molecule has 0 unspecified atom stereocenters. The van der Waals surface area contributed by atoms with Crippen molar-refractivity contribution in [3.05, 3.63) is 71.3 Å². The van der Waals surface area contributed by atoms with E-state index in [9.17, 15) is 0 Å². The fraction of sp³-hybridized carbons (Fsp3) is 0.200. The van der Waals surface area contributed by atoms with E-state index < -0.39 is 0 Å². The average Bonchev–Trinajstić information content (AvgIpc) is 2.30. The summed E-state index contributed by atoms with van der Waals surface area (Å²) in [6, 6.07) is 19.4. The predicted molar refractivity (Wildman–Crippen MR) is 70.1 cm³/mol. The summed E-state index contributed by atoms with van der Waals surface area (Å²) < 4.78 is 0. The Morgan fingerprint density at radius 3 is 1.75 bits per heavy atom. The SMILES string of the molecule is Cc1ccc(CCc2ccccc2)cc1.N. The Morgan fingerprint density at radius 1 is 0.688 bits per heavy atom. The maximum absolute atomic E-state index is 2.22. The van der Waals surface area contributed by atoms with Gasteiger partial charge in [-0.1, -0.05) is 60.2 Å². The molecule has 2 aromatic rings. The van der Waals surface area contributed by atoms with Crippen molar-refractivity contribution in [3.8, 4) is 0 Å². The first-order valence-corrected chi connectivity index (χ1v) is 5.44. The minimum Gasteiger partial charge on any atom is -0.344 e. The molecule has 2 rings (SSSR count). The van der Waals surface area contributed by atoms with Gasteiger partial charge in [-0.15, -0.1) is 0 Å². The largest absolute Gasteiger partial charge is 0.344 e. The average molecular weight is 213 g/mol. The molecule has 1 heteroatoms. The van der Waals surface area contributed by atoms with Gasteiger partial charge in [0.2, 0.25) is 0 Å². The Kier molecular flexibility index (Phi) is 4.74. The third-order valence-electron chi connectivity index (χ3n) is 2.67. The Bertz CT molecular complexity index is 403. The number of aryl methyl sites for hydroxylation is 3. The first kappa shape index (κ1) is 12.5. The van der Waals surface area contributed by atoms with Crippen LogP contribution in [0.15, 0.2) is 54.6 Å². The summed E-state index contributed by atoms with van der Waals surface area (Å²) in [4.78, 5) is 0. The van der Waals surface area contributed by atoms with Crippen LogP contribution in [0.3, 0.4) is 0 Å². The van der Waals surface area contributed by atoms with Crippen LogP contribution >= 0.6 is 0 Å². The van der Waals surface area contributed by atoms with Gasteiger partial charge in [0.05, 0.1) is 0 Å². The lowest BCUT2D eigenvalue weighted by molar-refractivity contribution is 0.959. The zero-order valence-electron chi connectivity index (χ0n) is 9.82. The molecule has 1 nitrogen and oxygen atoms in total. The van der Waals surface area contributed by atoms with E-state index in [4.69, 9.17) is 0 Å². The topological polar surface area (TPSA) is 35.0 Å². The fourth-order valence-corrected chi connectivity index (χ4v) is 1.69. The molecule has 0 bridgehead atoms. The maximum atomic E-state index is 2.22. The number of hydrogen-bond donors (Lipinski definition) is 1. The van der Waals surface area contributed by atoms with Gasteiger partial charge >= 0.3 is 0 Å². The van der Waals surface area contributed by atoms with Crippen LogP contribution in [-0.2, 0) is 12.8 Å². The minimum absolute atomic E-state index is 0. The normalized spacial score (nSPS) is 9.56. The van der Waals surface area contributed by atoms with Crippen molar-refractivity contribution in [2.24, 2.45) is 0 Å². The summed E-state index contributed by atoms with van der Waals surface area (Å²) >= 11 is 0. The Balaban J connectivity index is 0.00000128. The van der Waals surface area contributed by atoms with Crippen LogP contribution in [0.1, 0.15) is 16.7 Å². The molecule has 0 aliphatic carbocycles. The second-order valence-corrected chi connectivity index (χ2v) is 3.97. The van der Waals surface area contributed by atoms with Gasteiger partial charge < -0.3 is 6.15 Å². The second kappa shape index (κ2) is 6.09. The summed E-state index contributed by atoms with van der Waals surface area (Å²) in [6.45, 7) is 2.13. The quantitative estimate of drug-likeness (QED) is 0.823. The molecule has 0 amide bonds. The highest BCUT2D eigenvalue weighted by atomic mass is 14.0. The van der Waals surface area contributed by atoms with Crippen molar-refractivity contribution in [3.63, 3.8) is 0 Å². The van der Waals surface area contributed by atoms with Crippen LogP contribution < -0.4 is 6.15 Å². The molecule has 16 heavy (non-hydrogen) atoms. The molecule has 0 fully saturated rings. The van der Waals surface area contributed by atoms with Crippen LogP contribution in [0.5, 0.6) is 0 Å². The third kappa shape index (κ3) is 3.52.